The minimum Gasteiger partial charge on any atom is -0.447 e. The first kappa shape index (κ1) is 14.9. The van der Waals surface area contributed by atoms with E-state index in [1.807, 2.05) is 11.0 Å². The Kier molecular flexibility index (Phi) is 4.06. The lowest BCUT2D eigenvalue weighted by atomic mass is 9.93. The molecule has 0 aromatic heterocycles. The molecule has 2 aromatic rings. The first-order valence-corrected chi connectivity index (χ1v) is 8.06. The number of amides is 1. The van der Waals surface area contributed by atoms with Crippen molar-refractivity contribution >= 4 is 16.9 Å². The monoisotopic (exact) mass is 297 g/mol. The molecule has 0 spiro atoms. The third-order valence-electron chi connectivity index (χ3n) is 4.62. The summed E-state index contributed by atoms with van der Waals surface area (Å²) in [6.45, 7) is 6.93. The van der Waals surface area contributed by atoms with Gasteiger partial charge >= 0.3 is 6.09 Å². The highest BCUT2D eigenvalue weighted by Crippen LogP contribution is 2.36. The zero-order valence-electron chi connectivity index (χ0n) is 13.5. The van der Waals surface area contributed by atoms with Crippen LogP contribution in [-0.4, -0.2) is 23.6 Å². The maximum Gasteiger partial charge on any atom is 0.410 e. The summed E-state index contributed by atoms with van der Waals surface area (Å²) >= 11 is 0. The molecule has 2 atom stereocenters. The molecule has 1 heterocycles. The van der Waals surface area contributed by atoms with Gasteiger partial charge in [0.2, 0.25) is 0 Å². The molecule has 0 bridgehead atoms. The SMILES string of the molecule is CC[C@H](c1cccc2ccccc12)N1C(=O)OC[C@@H]1C(C)C. The second-order valence-corrected chi connectivity index (χ2v) is 6.29. The van der Waals surface area contributed by atoms with Crippen LogP contribution in [0.5, 0.6) is 0 Å². The van der Waals surface area contributed by atoms with Crippen molar-refractivity contribution in [3.05, 3.63) is 48.0 Å². The fourth-order valence-electron chi connectivity index (χ4n) is 3.43. The molecule has 0 saturated carbocycles. The van der Waals surface area contributed by atoms with Gasteiger partial charge in [-0.15, -0.1) is 0 Å². The van der Waals surface area contributed by atoms with Crippen LogP contribution in [0, 0.1) is 5.92 Å². The van der Waals surface area contributed by atoms with Gasteiger partial charge in [0.05, 0.1) is 12.1 Å². The van der Waals surface area contributed by atoms with Crippen molar-refractivity contribution in [1.82, 2.24) is 4.90 Å². The van der Waals surface area contributed by atoms with Crippen LogP contribution in [0.3, 0.4) is 0 Å². The van der Waals surface area contributed by atoms with E-state index in [1.54, 1.807) is 0 Å². The smallest absolute Gasteiger partial charge is 0.410 e. The van der Waals surface area contributed by atoms with Crippen molar-refractivity contribution in [1.29, 1.82) is 0 Å². The van der Waals surface area contributed by atoms with Crippen LogP contribution in [-0.2, 0) is 4.74 Å². The Morgan fingerprint density at radius 3 is 2.64 bits per heavy atom. The molecule has 22 heavy (non-hydrogen) atoms. The summed E-state index contributed by atoms with van der Waals surface area (Å²) in [6, 6.07) is 14.9. The highest BCUT2D eigenvalue weighted by molar-refractivity contribution is 5.86. The van der Waals surface area contributed by atoms with Gasteiger partial charge in [0.25, 0.3) is 0 Å². The molecule has 0 N–H and O–H groups in total. The molecule has 3 rings (SSSR count). The largest absolute Gasteiger partial charge is 0.447 e. The van der Waals surface area contributed by atoms with Crippen molar-refractivity contribution in [3.8, 4) is 0 Å². The van der Waals surface area contributed by atoms with Crippen LogP contribution in [0.2, 0.25) is 0 Å². The summed E-state index contributed by atoms with van der Waals surface area (Å²) in [5, 5.41) is 2.44. The zero-order chi connectivity index (χ0) is 15.7. The van der Waals surface area contributed by atoms with Crippen molar-refractivity contribution in [2.24, 2.45) is 5.92 Å². The lowest BCUT2D eigenvalue weighted by molar-refractivity contribution is 0.138. The number of carbonyl (C=O) groups is 1. The van der Waals surface area contributed by atoms with Gasteiger partial charge in [-0.05, 0) is 28.7 Å². The molecule has 0 unspecified atom stereocenters. The summed E-state index contributed by atoms with van der Waals surface area (Å²) < 4.78 is 5.34. The molecule has 3 nitrogen and oxygen atoms in total. The average molecular weight is 297 g/mol. The Morgan fingerprint density at radius 2 is 1.91 bits per heavy atom. The van der Waals surface area contributed by atoms with Gasteiger partial charge in [-0.1, -0.05) is 63.2 Å². The highest BCUT2D eigenvalue weighted by Gasteiger charge is 2.39. The topological polar surface area (TPSA) is 29.5 Å². The Labute approximate surface area is 131 Å². The van der Waals surface area contributed by atoms with E-state index in [0.29, 0.717) is 12.5 Å². The molecule has 1 amide bonds. The van der Waals surface area contributed by atoms with Crippen LogP contribution >= 0.6 is 0 Å². The molecule has 1 aliphatic heterocycles. The number of cyclic esters (lactones) is 1. The summed E-state index contributed by atoms with van der Waals surface area (Å²) in [4.78, 5) is 14.3. The van der Waals surface area contributed by atoms with Gasteiger partial charge in [-0.2, -0.15) is 0 Å². The summed E-state index contributed by atoms with van der Waals surface area (Å²) in [7, 11) is 0. The van der Waals surface area contributed by atoms with E-state index in [-0.39, 0.29) is 18.2 Å². The molecular weight excluding hydrogens is 274 g/mol. The average Bonchev–Trinajstić information content (AvgIpc) is 2.91. The standard InChI is InChI=1S/C19H23NO2/c1-4-17(20-18(13(2)3)12-22-19(20)21)16-11-7-9-14-8-5-6-10-15(14)16/h5-11,13,17-18H,4,12H2,1-3H3/t17-,18-/m1/s1. The highest BCUT2D eigenvalue weighted by atomic mass is 16.6. The number of fused-ring (bicyclic) bond motifs is 1. The quantitative estimate of drug-likeness (QED) is 0.813. The number of carbonyl (C=O) groups excluding carboxylic acids is 1. The van der Waals surface area contributed by atoms with Gasteiger partial charge in [0, 0.05) is 0 Å². The predicted molar refractivity (Wildman–Crippen MR) is 88.8 cm³/mol. The van der Waals surface area contributed by atoms with Gasteiger partial charge in [-0.25, -0.2) is 4.79 Å². The number of hydrogen-bond donors (Lipinski definition) is 0. The summed E-state index contributed by atoms with van der Waals surface area (Å²) in [6.07, 6.45) is 0.699. The fraction of sp³-hybridized carbons (Fsp3) is 0.421. The fourth-order valence-corrected chi connectivity index (χ4v) is 3.43. The second kappa shape index (κ2) is 5.99. The van der Waals surface area contributed by atoms with Crippen LogP contribution in [0.1, 0.15) is 38.8 Å². The molecule has 1 aliphatic rings. The van der Waals surface area contributed by atoms with E-state index in [4.69, 9.17) is 4.74 Å². The third-order valence-corrected chi connectivity index (χ3v) is 4.62. The van der Waals surface area contributed by atoms with E-state index >= 15 is 0 Å². The lowest BCUT2D eigenvalue weighted by Gasteiger charge is -2.33. The zero-order valence-corrected chi connectivity index (χ0v) is 13.5. The van der Waals surface area contributed by atoms with Gasteiger partial charge in [0.15, 0.2) is 0 Å². The van der Waals surface area contributed by atoms with Gasteiger partial charge in [-0.3, -0.25) is 4.90 Å². The number of rotatable bonds is 4. The minimum absolute atomic E-state index is 0.0634. The normalized spacial score (nSPS) is 19.7. The number of ether oxygens (including phenoxy) is 1. The van der Waals surface area contributed by atoms with Crippen molar-refractivity contribution in [2.75, 3.05) is 6.61 Å². The van der Waals surface area contributed by atoms with E-state index in [9.17, 15) is 4.79 Å². The molecule has 1 saturated heterocycles. The van der Waals surface area contributed by atoms with Gasteiger partial charge < -0.3 is 4.74 Å². The van der Waals surface area contributed by atoms with E-state index in [1.165, 1.54) is 16.3 Å². The number of benzene rings is 2. The van der Waals surface area contributed by atoms with Crippen molar-refractivity contribution < 1.29 is 9.53 Å². The molecular formula is C19H23NO2. The minimum atomic E-state index is -0.182. The van der Waals surface area contributed by atoms with Crippen LogP contribution in [0.25, 0.3) is 10.8 Å². The Morgan fingerprint density at radius 1 is 1.18 bits per heavy atom. The molecule has 1 fully saturated rings. The van der Waals surface area contributed by atoms with Crippen molar-refractivity contribution in [2.45, 2.75) is 39.3 Å². The van der Waals surface area contributed by atoms with E-state index in [0.717, 1.165) is 6.42 Å². The molecule has 2 aromatic carbocycles. The van der Waals surface area contributed by atoms with Crippen molar-refractivity contribution in [3.63, 3.8) is 0 Å². The molecule has 3 heteroatoms. The first-order chi connectivity index (χ1) is 10.6. The summed E-state index contributed by atoms with van der Waals surface area (Å²) in [5.41, 5.74) is 1.21. The lowest BCUT2D eigenvalue weighted by Crippen LogP contribution is -2.39. The summed E-state index contributed by atoms with van der Waals surface area (Å²) in [5.74, 6) is 0.385. The second-order valence-electron chi connectivity index (χ2n) is 6.29. The predicted octanol–water partition coefficient (Wildman–Crippen LogP) is 4.77. The van der Waals surface area contributed by atoms with Crippen LogP contribution < -0.4 is 0 Å². The van der Waals surface area contributed by atoms with E-state index < -0.39 is 0 Å². The number of hydrogen-bond acceptors (Lipinski definition) is 2. The van der Waals surface area contributed by atoms with Crippen LogP contribution in [0.4, 0.5) is 4.79 Å². The first-order valence-electron chi connectivity index (χ1n) is 8.06. The maximum absolute atomic E-state index is 12.3. The van der Waals surface area contributed by atoms with Crippen LogP contribution in [0.15, 0.2) is 42.5 Å². The maximum atomic E-state index is 12.3. The van der Waals surface area contributed by atoms with Gasteiger partial charge in [0.1, 0.15) is 6.61 Å². The Bertz CT molecular complexity index is 675. The third kappa shape index (κ3) is 2.45. The molecule has 116 valence electrons. The Balaban J connectivity index is 2.08. The number of nitrogens with zero attached hydrogens (tertiary/aromatic N) is 1. The molecule has 0 aliphatic carbocycles. The Hall–Kier alpha value is -2.03. The molecule has 0 radical (unpaired) electrons. The van der Waals surface area contributed by atoms with E-state index in [2.05, 4.69) is 57.2 Å².